The summed E-state index contributed by atoms with van der Waals surface area (Å²) < 4.78 is 0. The van der Waals surface area contributed by atoms with Gasteiger partial charge >= 0.3 is 5.97 Å². The normalized spacial score (nSPS) is 10.8. The molecule has 2 heteroatoms. The molecule has 0 spiro atoms. The Bertz CT molecular complexity index is 612. The highest BCUT2D eigenvalue weighted by atomic mass is 16.4. The van der Waals surface area contributed by atoms with Gasteiger partial charge < -0.3 is 5.11 Å². The van der Waals surface area contributed by atoms with Gasteiger partial charge in [-0.2, -0.15) is 0 Å². The summed E-state index contributed by atoms with van der Waals surface area (Å²) in [7, 11) is 0. The van der Waals surface area contributed by atoms with Crippen LogP contribution in [0.2, 0.25) is 0 Å². The number of aromatic carboxylic acids is 1. The lowest BCUT2D eigenvalue weighted by Gasteiger charge is -2.01. The maximum absolute atomic E-state index is 11.1. The molecule has 2 nitrogen and oxygen atoms in total. The van der Waals surface area contributed by atoms with Crippen LogP contribution in [0, 0.1) is 0 Å². The van der Waals surface area contributed by atoms with E-state index < -0.39 is 5.97 Å². The summed E-state index contributed by atoms with van der Waals surface area (Å²) in [5.41, 5.74) is 3.40. The molecule has 2 aromatic carbocycles. The van der Waals surface area contributed by atoms with Crippen LogP contribution in [0.5, 0.6) is 0 Å². The van der Waals surface area contributed by atoms with E-state index >= 15 is 0 Å². The van der Waals surface area contributed by atoms with Crippen molar-refractivity contribution in [3.8, 4) is 0 Å². The van der Waals surface area contributed by atoms with Gasteiger partial charge in [0.25, 0.3) is 0 Å². The van der Waals surface area contributed by atoms with Crippen LogP contribution in [-0.4, -0.2) is 11.1 Å². The van der Waals surface area contributed by atoms with Crippen LogP contribution in [0.4, 0.5) is 0 Å². The van der Waals surface area contributed by atoms with Gasteiger partial charge in [-0.1, -0.05) is 61.5 Å². The summed E-state index contributed by atoms with van der Waals surface area (Å²) in [4.78, 5) is 11.1. The minimum absolute atomic E-state index is 0.324. The van der Waals surface area contributed by atoms with E-state index in [0.29, 0.717) is 5.56 Å². The summed E-state index contributed by atoms with van der Waals surface area (Å²) in [6, 6.07) is 15.2. The van der Waals surface area contributed by atoms with Gasteiger partial charge in [-0.25, -0.2) is 4.79 Å². The number of rotatable bonds is 4. The molecule has 0 unspecified atom stereocenters. The molecule has 96 valence electrons. The summed E-state index contributed by atoms with van der Waals surface area (Å²) in [6.07, 6.45) is 4.78. The molecule has 2 rings (SSSR count). The number of benzene rings is 2. The standard InChI is InChI=1S/C17H16O2/c1-2-13-6-5-7-14(12-13)10-11-15-8-3-4-9-16(15)17(18)19/h3-12H,2H2,1H3,(H,18,19). The van der Waals surface area contributed by atoms with Crippen molar-refractivity contribution in [2.24, 2.45) is 0 Å². The maximum atomic E-state index is 11.1. The van der Waals surface area contributed by atoms with E-state index in [2.05, 4.69) is 19.1 Å². The second-order valence-electron chi connectivity index (χ2n) is 4.32. The summed E-state index contributed by atoms with van der Waals surface area (Å²) in [6.45, 7) is 2.11. The van der Waals surface area contributed by atoms with Crippen molar-refractivity contribution in [1.82, 2.24) is 0 Å². The summed E-state index contributed by atoms with van der Waals surface area (Å²) in [5, 5.41) is 9.11. The molecule has 0 saturated heterocycles. The molecule has 0 fully saturated rings. The predicted octanol–water partition coefficient (Wildman–Crippen LogP) is 4.12. The van der Waals surface area contributed by atoms with Crippen LogP contribution in [-0.2, 0) is 6.42 Å². The summed E-state index contributed by atoms with van der Waals surface area (Å²) in [5.74, 6) is -0.900. The lowest BCUT2D eigenvalue weighted by molar-refractivity contribution is 0.0696. The first kappa shape index (κ1) is 13.1. The van der Waals surface area contributed by atoms with E-state index in [0.717, 1.165) is 17.5 Å². The van der Waals surface area contributed by atoms with Crippen LogP contribution in [0.3, 0.4) is 0 Å². The fraction of sp³-hybridized carbons (Fsp3) is 0.118. The van der Waals surface area contributed by atoms with Crippen molar-refractivity contribution in [3.63, 3.8) is 0 Å². The Morgan fingerprint density at radius 2 is 1.89 bits per heavy atom. The second kappa shape index (κ2) is 6.01. The first-order valence-corrected chi connectivity index (χ1v) is 6.30. The van der Waals surface area contributed by atoms with Crippen molar-refractivity contribution in [2.75, 3.05) is 0 Å². The average Bonchev–Trinajstić information content (AvgIpc) is 2.45. The monoisotopic (exact) mass is 252 g/mol. The molecule has 0 saturated carbocycles. The minimum atomic E-state index is -0.900. The fourth-order valence-corrected chi connectivity index (χ4v) is 1.94. The number of carboxylic acids is 1. The Morgan fingerprint density at radius 3 is 2.63 bits per heavy atom. The van der Waals surface area contributed by atoms with E-state index in [-0.39, 0.29) is 0 Å². The summed E-state index contributed by atoms with van der Waals surface area (Å²) >= 11 is 0. The quantitative estimate of drug-likeness (QED) is 0.831. The lowest BCUT2D eigenvalue weighted by atomic mass is 10.0. The molecule has 0 aliphatic heterocycles. The smallest absolute Gasteiger partial charge is 0.336 e. The molecule has 2 aromatic rings. The van der Waals surface area contributed by atoms with Crippen LogP contribution in [0.15, 0.2) is 48.5 Å². The van der Waals surface area contributed by atoms with Crippen LogP contribution >= 0.6 is 0 Å². The second-order valence-corrected chi connectivity index (χ2v) is 4.32. The molecule has 0 amide bonds. The highest BCUT2D eigenvalue weighted by Gasteiger charge is 2.05. The first-order chi connectivity index (χ1) is 9.20. The van der Waals surface area contributed by atoms with E-state index in [1.165, 1.54) is 5.56 Å². The SMILES string of the molecule is CCc1cccc(C=Cc2ccccc2C(=O)O)c1. The number of carboxylic acid groups (broad SMARTS) is 1. The number of aryl methyl sites for hydroxylation is 1. The van der Waals surface area contributed by atoms with E-state index in [1.807, 2.05) is 36.4 Å². The highest BCUT2D eigenvalue weighted by molar-refractivity contribution is 5.93. The topological polar surface area (TPSA) is 37.3 Å². The fourth-order valence-electron chi connectivity index (χ4n) is 1.94. The minimum Gasteiger partial charge on any atom is -0.478 e. The van der Waals surface area contributed by atoms with Gasteiger partial charge in [0.2, 0.25) is 0 Å². The van der Waals surface area contributed by atoms with Crippen molar-refractivity contribution in [3.05, 3.63) is 70.8 Å². The Labute approximate surface area is 113 Å². The third-order valence-electron chi connectivity index (χ3n) is 3.01. The third kappa shape index (κ3) is 3.32. The van der Waals surface area contributed by atoms with E-state index in [9.17, 15) is 4.79 Å². The molecule has 1 N–H and O–H groups in total. The third-order valence-corrected chi connectivity index (χ3v) is 3.01. The van der Waals surface area contributed by atoms with Gasteiger partial charge in [-0.3, -0.25) is 0 Å². The molecule has 0 bridgehead atoms. The molecule has 0 heterocycles. The largest absolute Gasteiger partial charge is 0.478 e. The van der Waals surface area contributed by atoms with Gasteiger partial charge in [-0.05, 0) is 29.2 Å². The maximum Gasteiger partial charge on any atom is 0.336 e. The van der Waals surface area contributed by atoms with Crippen molar-refractivity contribution >= 4 is 18.1 Å². The zero-order valence-electron chi connectivity index (χ0n) is 10.8. The number of carbonyl (C=O) groups is 1. The Morgan fingerprint density at radius 1 is 1.11 bits per heavy atom. The van der Waals surface area contributed by atoms with E-state index in [4.69, 9.17) is 5.11 Å². The molecule has 0 atom stereocenters. The molecular weight excluding hydrogens is 236 g/mol. The lowest BCUT2D eigenvalue weighted by Crippen LogP contribution is -1.98. The zero-order valence-corrected chi connectivity index (χ0v) is 10.8. The van der Waals surface area contributed by atoms with Gasteiger partial charge in [0.1, 0.15) is 0 Å². The Hall–Kier alpha value is -2.35. The predicted molar refractivity (Wildman–Crippen MR) is 78.1 cm³/mol. The molecular formula is C17H16O2. The van der Waals surface area contributed by atoms with Gasteiger partial charge in [-0.15, -0.1) is 0 Å². The molecule has 0 aliphatic rings. The molecule has 0 aromatic heterocycles. The zero-order chi connectivity index (χ0) is 13.7. The van der Waals surface area contributed by atoms with Crippen molar-refractivity contribution < 1.29 is 9.90 Å². The molecule has 0 aliphatic carbocycles. The van der Waals surface area contributed by atoms with Crippen LogP contribution in [0.25, 0.3) is 12.2 Å². The number of hydrogen-bond donors (Lipinski definition) is 1. The number of hydrogen-bond acceptors (Lipinski definition) is 1. The van der Waals surface area contributed by atoms with Crippen molar-refractivity contribution in [1.29, 1.82) is 0 Å². The van der Waals surface area contributed by atoms with E-state index in [1.54, 1.807) is 12.1 Å². The Balaban J connectivity index is 2.30. The van der Waals surface area contributed by atoms with Gasteiger partial charge in [0.05, 0.1) is 5.56 Å². The van der Waals surface area contributed by atoms with Crippen molar-refractivity contribution in [2.45, 2.75) is 13.3 Å². The molecule has 19 heavy (non-hydrogen) atoms. The highest BCUT2D eigenvalue weighted by Crippen LogP contribution is 2.14. The molecule has 0 radical (unpaired) electrons. The van der Waals surface area contributed by atoms with Gasteiger partial charge in [0, 0.05) is 0 Å². The Kier molecular flexibility index (Phi) is 4.14. The van der Waals surface area contributed by atoms with Crippen LogP contribution in [0.1, 0.15) is 34.0 Å². The van der Waals surface area contributed by atoms with Crippen LogP contribution < -0.4 is 0 Å². The average molecular weight is 252 g/mol. The van der Waals surface area contributed by atoms with Gasteiger partial charge in [0.15, 0.2) is 0 Å². The first-order valence-electron chi connectivity index (χ1n) is 6.30.